The number of carboxylic acids is 1. The summed E-state index contributed by atoms with van der Waals surface area (Å²) in [6.45, 7) is 0. The second-order valence-corrected chi connectivity index (χ2v) is 4.63. The van der Waals surface area contributed by atoms with Crippen molar-refractivity contribution in [1.82, 2.24) is 0 Å². The summed E-state index contributed by atoms with van der Waals surface area (Å²) >= 11 is 1.40. The molecule has 6 heteroatoms. The van der Waals surface area contributed by atoms with E-state index in [-0.39, 0.29) is 0 Å². The zero-order valence-corrected chi connectivity index (χ0v) is 10.7. The Morgan fingerprint density at radius 2 is 2.39 bits per heavy atom. The Morgan fingerprint density at radius 1 is 1.67 bits per heavy atom. The fourth-order valence-electron chi connectivity index (χ4n) is 1.33. The van der Waals surface area contributed by atoms with E-state index in [1.807, 2.05) is 0 Å². The van der Waals surface area contributed by atoms with Crippen LogP contribution in [0.25, 0.3) is 0 Å². The molecule has 96 valence electrons. The van der Waals surface area contributed by atoms with Crippen LogP contribution in [0, 0.1) is 11.3 Å². The number of ether oxygens (including phenoxy) is 1. The van der Waals surface area contributed by atoms with Gasteiger partial charge in [0.1, 0.15) is 11.8 Å². The van der Waals surface area contributed by atoms with Crippen LogP contribution in [0.4, 0.5) is 0 Å². The minimum absolute atomic E-state index is 0.315. The van der Waals surface area contributed by atoms with Crippen LogP contribution in [0.5, 0.6) is 5.75 Å². The van der Waals surface area contributed by atoms with Crippen molar-refractivity contribution in [3.8, 4) is 11.8 Å². The molecular weight excluding hydrogens is 252 g/mol. The first-order valence-corrected chi connectivity index (χ1v) is 6.37. The van der Waals surface area contributed by atoms with Crippen LogP contribution in [0.3, 0.4) is 0 Å². The number of methoxy groups -OCH3 is 1. The van der Waals surface area contributed by atoms with Crippen molar-refractivity contribution in [2.45, 2.75) is 11.8 Å². The van der Waals surface area contributed by atoms with Gasteiger partial charge in [-0.05, 0) is 18.2 Å². The maximum Gasteiger partial charge on any atom is 0.321 e. The van der Waals surface area contributed by atoms with Crippen LogP contribution < -0.4 is 10.5 Å². The van der Waals surface area contributed by atoms with Gasteiger partial charge < -0.3 is 15.6 Å². The van der Waals surface area contributed by atoms with E-state index in [2.05, 4.69) is 6.07 Å². The number of hydrogen-bond donors (Lipinski definition) is 2. The number of rotatable bonds is 6. The fourth-order valence-corrected chi connectivity index (χ4v) is 2.29. The SMILES string of the molecule is COc1ccc(C#N)cc1CSC[C@H](N)C(=O)O. The number of hydrogen-bond acceptors (Lipinski definition) is 5. The molecule has 0 spiro atoms. The first-order chi connectivity index (χ1) is 8.58. The van der Waals surface area contributed by atoms with Gasteiger partial charge >= 0.3 is 5.97 Å². The molecule has 3 N–H and O–H groups in total. The summed E-state index contributed by atoms with van der Waals surface area (Å²) in [4.78, 5) is 10.6. The van der Waals surface area contributed by atoms with Gasteiger partial charge in [-0.3, -0.25) is 4.79 Å². The Balaban J connectivity index is 2.66. The molecule has 0 saturated carbocycles. The minimum Gasteiger partial charge on any atom is -0.496 e. The Bertz CT molecular complexity index is 471. The lowest BCUT2D eigenvalue weighted by Crippen LogP contribution is -2.32. The monoisotopic (exact) mass is 266 g/mol. The van der Waals surface area contributed by atoms with E-state index in [1.54, 1.807) is 25.3 Å². The van der Waals surface area contributed by atoms with Gasteiger partial charge in [0, 0.05) is 17.1 Å². The molecule has 1 aromatic carbocycles. The Labute approximate surface area is 110 Å². The predicted molar refractivity (Wildman–Crippen MR) is 69.5 cm³/mol. The van der Waals surface area contributed by atoms with Crippen LogP contribution in [0.15, 0.2) is 18.2 Å². The van der Waals surface area contributed by atoms with Gasteiger partial charge in [-0.1, -0.05) is 0 Å². The smallest absolute Gasteiger partial charge is 0.321 e. The van der Waals surface area contributed by atoms with E-state index >= 15 is 0 Å². The predicted octanol–water partition coefficient (Wildman–Crippen LogP) is 1.21. The molecule has 0 saturated heterocycles. The molecule has 0 heterocycles. The standard InChI is InChI=1S/C12H14N2O3S/c1-17-11-3-2-8(5-13)4-9(11)6-18-7-10(14)12(15)16/h2-4,10H,6-7,14H2,1H3,(H,15,16)/t10-/m0/s1. The molecule has 0 aliphatic carbocycles. The Hall–Kier alpha value is -1.71. The zero-order valence-electron chi connectivity index (χ0n) is 9.92. The highest BCUT2D eigenvalue weighted by Crippen LogP contribution is 2.24. The summed E-state index contributed by atoms with van der Waals surface area (Å²) in [5.41, 5.74) is 6.81. The van der Waals surface area contributed by atoms with Gasteiger partial charge in [0.15, 0.2) is 0 Å². The average molecular weight is 266 g/mol. The second-order valence-electron chi connectivity index (χ2n) is 3.60. The highest BCUT2D eigenvalue weighted by Gasteiger charge is 2.12. The molecule has 1 aromatic rings. The van der Waals surface area contributed by atoms with Crippen molar-refractivity contribution in [3.63, 3.8) is 0 Å². The summed E-state index contributed by atoms with van der Waals surface area (Å²) in [5.74, 6) is 0.542. The van der Waals surface area contributed by atoms with Crippen LogP contribution in [-0.4, -0.2) is 30.0 Å². The maximum absolute atomic E-state index is 10.6. The highest BCUT2D eigenvalue weighted by molar-refractivity contribution is 7.98. The number of carboxylic acid groups (broad SMARTS) is 1. The van der Waals surface area contributed by atoms with Gasteiger partial charge in [-0.2, -0.15) is 17.0 Å². The van der Waals surface area contributed by atoms with Crippen LogP contribution in [0.1, 0.15) is 11.1 Å². The topological polar surface area (TPSA) is 96.3 Å². The first kappa shape index (κ1) is 14.4. The summed E-state index contributed by atoms with van der Waals surface area (Å²) in [6, 6.07) is 6.32. The van der Waals surface area contributed by atoms with E-state index < -0.39 is 12.0 Å². The lowest BCUT2D eigenvalue weighted by Gasteiger charge is -2.10. The lowest BCUT2D eigenvalue weighted by atomic mass is 10.1. The van der Waals surface area contributed by atoms with E-state index in [0.717, 1.165) is 5.56 Å². The van der Waals surface area contributed by atoms with Gasteiger partial charge in [0.2, 0.25) is 0 Å². The van der Waals surface area contributed by atoms with E-state index in [9.17, 15) is 4.79 Å². The number of nitriles is 1. The highest BCUT2D eigenvalue weighted by atomic mass is 32.2. The molecule has 0 unspecified atom stereocenters. The van der Waals surface area contributed by atoms with Gasteiger partial charge in [-0.15, -0.1) is 0 Å². The molecule has 18 heavy (non-hydrogen) atoms. The third kappa shape index (κ3) is 3.95. The first-order valence-electron chi connectivity index (χ1n) is 5.21. The Morgan fingerprint density at radius 3 is 2.94 bits per heavy atom. The second kappa shape index (κ2) is 6.89. The van der Waals surface area contributed by atoms with E-state index in [0.29, 0.717) is 22.8 Å². The average Bonchev–Trinajstić information content (AvgIpc) is 2.38. The van der Waals surface area contributed by atoms with Crippen molar-refractivity contribution < 1.29 is 14.6 Å². The van der Waals surface area contributed by atoms with Crippen LogP contribution in [0.2, 0.25) is 0 Å². The molecular formula is C12H14N2O3S. The quantitative estimate of drug-likeness (QED) is 0.803. The van der Waals surface area contributed by atoms with E-state index in [1.165, 1.54) is 11.8 Å². The molecule has 0 amide bonds. The van der Waals surface area contributed by atoms with Crippen molar-refractivity contribution in [2.75, 3.05) is 12.9 Å². The lowest BCUT2D eigenvalue weighted by molar-refractivity contribution is -0.137. The van der Waals surface area contributed by atoms with E-state index in [4.69, 9.17) is 20.8 Å². The fraction of sp³-hybridized carbons (Fsp3) is 0.333. The molecule has 0 aromatic heterocycles. The summed E-state index contributed by atoms with van der Waals surface area (Å²) in [7, 11) is 1.55. The third-order valence-corrected chi connectivity index (χ3v) is 3.39. The summed E-state index contributed by atoms with van der Waals surface area (Å²) < 4.78 is 5.18. The largest absolute Gasteiger partial charge is 0.496 e. The van der Waals surface area contributed by atoms with Crippen molar-refractivity contribution in [1.29, 1.82) is 5.26 Å². The normalized spacial score (nSPS) is 11.6. The molecule has 0 fully saturated rings. The van der Waals surface area contributed by atoms with Gasteiger partial charge in [0.25, 0.3) is 0 Å². The molecule has 0 radical (unpaired) electrons. The number of nitrogens with zero attached hydrogens (tertiary/aromatic N) is 1. The Kier molecular flexibility index (Phi) is 5.49. The van der Waals surface area contributed by atoms with Gasteiger partial charge in [-0.25, -0.2) is 0 Å². The number of carbonyl (C=O) groups is 1. The molecule has 1 rings (SSSR count). The molecule has 0 aliphatic rings. The van der Waals surface area contributed by atoms with Crippen molar-refractivity contribution >= 4 is 17.7 Å². The summed E-state index contributed by atoms with van der Waals surface area (Å²) in [5, 5.41) is 17.5. The minimum atomic E-state index is -1.01. The summed E-state index contributed by atoms with van der Waals surface area (Å²) in [6.07, 6.45) is 0. The van der Waals surface area contributed by atoms with Crippen LogP contribution in [-0.2, 0) is 10.5 Å². The molecule has 0 aliphatic heterocycles. The number of aliphatic carboxylic acids is 1. The number of benzene rings is 1. The van der Waals surface area contributed by atoms with Crippen LogP contribution >= 0.6 is 11.8 Å². The molecule has 5 nitrogen and oxygen atoms in total. The van der Waals surface area contributed by atoms with Crippen molar-refractivity contribution in [3.05, 3.63) is 29.3 Å². The number of nitrogens with two attached hydrogens (primary N) is 1. The molecule has 0 bridgehead atoms. The molecule has 1 atom stereocenters. The maximum atomic E-state index is 10.6. The zero-order chi connectivity index (χ0) is 13.5. The third-order valence-electron chi connectivity index (χ3n) is 2.28. The van der Waals surface area contributed by atoms with Gasteiger partial charge in [0.05, 0.1) is 18.7 Å². The number of thioether (sulfide) groups is 1. The van der Waals surface area contributed by atoms with Crippen molar-refractivity contribution in [2.24, 2.45) is 5.73 Å².